The first kappa shape index (κ1) is 15.1. The minimum atomic E-state index is -0.172. The summed E-state index contributed by atoms with van der Waals surface area (Å²) in [4.78, 5) is 21.6. The van der Waals surface area contributed by atoms with Gasteiger partial charge in [0.25, 0.3) is 5.91 Å². The fourth-order valence-electron chi connectivity index (χ4n) is 2.93. The highest BCUT2D eigenvalue weighted by Gasteiger charge is 2.30. The molecule has 0 radical (unpaired) electrons. The number of fused-ring (bicyclic) bond motifs is 1. The summed E-state index contributed by atoms with van der Waals surface area (Å²) in [6.45, 7) is 0. The Kier molecular flexibility index (Phi) is 3.74. The summed E-state index contributed by atoms with van der Waals surface area (Å²) < 4.78 is 5.32. The maximum atomic E-state index is 12.8. The minimum Gasteiger partial charge on any atom is -0.497 e. The predicted molar refractivity (Wildman–Crippen MR) is 96.0 cm³/mol. The van der Waals surface area contributed by atoms with E-state index in [-0.39, 0.29) is 5.91 Å². The Morgan fingerprint density at radius 3 is 2.20 bits per heavy atom. The molecule has 0 saturated carbocycles. The fourth-order valence-corrected chi connectivity index (χ4v) is 2.93. The summed E-state index contributed by atoms with van der Waals surface area (Å²) in [5, 5.41) is 2.91. The van der Waals surface area contributed by atoms with E-state index in [9.17, 15) is 4.79 Å². The molecular weight excluding hydrogens is 314 g/mol. The van der Waals surface area contributed by atoms with Gasteiger partial charge in [0, 0.05) is 29.2 Å². The van der Waals surface area contributed by atoms with Gasteiger partial charge in [0.15, 0.2) is 0 Å². The topological polar surface area (TPSA) is 64.1 Å². The van der Waals surface area contributed by atoms with Crippen LogP contribution >= 0.6 is 0 Å². The zero-order valence-electron chi connectivity index (χ0n) is 13.6. The predicted octanol–water partition coefficient (Wildman–Crippen LogP) is 3.40. The van der Waals surface area contributed by atoms with E-state index in [2.05, 4.69) is 15.3 Å². The molecule has 5 heteroatoms. The van der Waals surface area contributed by atoms with Crippen molar-refractivity contribution in [2.75, 3.05) is 12.4 Å². The van der Waals surface area contributed by atoms with E-state index in [1.807, 2.05) is 54.6 Å². The number of aromatic nitrogens is 2. The van der Waals surface area contributed by atoms with E-state index in [1.165, 1.54) is 0 Å². The molecule has 0 aliphatic carbocycles. The average Bonchev–Trinajstić information content (AvgIpc) is 2.99. The van der Waals surface area contributed by atoms with Crippen LogP contribution in [0.1, 0.15) is 17.0 Å². The number of methoxy groups -OCH3 is 1. The number of benzene rings is 1. The number of hydrogen-bond acceptors (Lipinski definition) is 4. The number of nitrogens with one attached hydrogen (secondary N) is 1. The summed E-state index contributed by atoms with van der Waals surface area (Å²) in [6.07, 6.45) is 3.41. The van der Waals surface area contributed by atoms with Crippen molar-refractivity contribution >= 4 is 22.7 Å². The van der Waals surface area contributed by atoms with Crippen molar-refractivity contribution in [2.24, 2.45) is 0 Å². The van der Waals surface area contributed by atoms with Gasteiger partial charge in [-0.25, -0.2) is 0 Å². The number of hydrogen-bond donors (Lipinski definition) is 1. The Labute approximate surface area is 145 Å². The lowest BCUT2D eigenvalue weighted by atomic mass is 9.95. The maximum Gasteiger partial charge on any atom is 0.257 e. The average molecular weight is 329 g/mol. The standard InChI is InChI=1S/C20H15N3O2/c1-25-13-8-9-15-14(12-13)18(20(24)23-15)19(16-6-2-4-10-21-16)17-7-3-5-11-22-17/h2-12H,1H3,(H,23,24). The van der Waals surface area contributed by atoms with Crippen molar-refractivity contribution in [2.45, 2.75) is 0 Å². The lowest BCUT2D eigenvalue weighted by molar-refractivity contribution is -0.110. The maximum absolute atomic E-state index is 12.8. The van der Waals surface area contributed by atoms with Gasteiger partial charge >= 0.3 is 0 Å². The zero-order chi connectivity index (χ0) is 17.2. The van der Waals surface area contributed by atoms with Crippen LogP contribution in [0.15, 0.2) is 67.0 Å². The van der Waals surface area contributed by atoms with Crippen LogP contribution in [0.5, 0.6) is 5.75 Å². The molecule has 0 bridgehead atoms. The van der Waals surface area contributed by atoms with Crippen molar-refractivity contribution < 1.29 is 9.53 Å². The first-order chi connectivity index (χ1) is 12.3. The Morgan fingerprint density at radius 2 is 1.64 bits per heavy atom. The molecule has 5 nitrogen and oxygen atoms in total. The largest absolute Gasteiger partial charge is 0.497 e. The van der Waals surface area contributed by atoms with Gasteiger partial charge in [-0.05, 0) is 42.5 Å². The molecule has 1 aliphatic rings. The third-order valence-corrected chi connectivity index (χ3v) is 4.06. The van der Waals surface area contributed by atoms with Crippen LogP contribution in [0, 0.1) is 0 Å². The molecule has 1 aromatic carbocycles. The third-order valence-electron chi connectivity index (χ3n) is 4.06. The van der Waals surface area contributed by atoms with E-state index in [0.717, 1.165) is 11.3 Å². The molecule has 1 N–H and O–H groups in total. The first-order valence-electron chi connectivity index (χ1n) is 7.85. The summed E-state index contributed by atoms with van der Waals surface area (Å²) in [6, 6.07) is 16.7. The first-order valence-corrected chi connectivity index (χ1v) is 7.85. The number of nitrogens with zero attached hydrogens (tertiary/aromatic N) is 2. The minimum absolute atomic E-state index is 0.172. The molecule has 0 fully saturated rings. The number of rotatable bonds is 3. The van der Waals surface area contributed by atoms with Gasteiger partial charge in [-0.3, -0.25) is 14.8 Å². The van der Waals surface area contributed by atoms with Crippen LogP contribution in [0.2, 0.25) is 0 Å². The molecular formula is C20H15N3O2. The molecule has 0 spiro atoms. The molecule has 4 rings (SSSR count). The highest BCUT2D eigenvalue weighted by atomic mass is 16.5. The Bertz CT molecular complexity index is 925. The molecule has 3 aromatic rings. The normalized spacial score (nSPS) is 12.5. The third kappa shape index (κ3) is 2.65. The second-order valence-electron chi connectivity index (χ2n) is 5.55. The van der Waals surface area contributed by atoms with E-state index >= 15 is 0 Å². The molecule has 2 aromatic heterocycles. The van der Waals surface area contributed by atoms with E-state index in [4.69, 9.17) is 4.74 Å². The molecule has 1 aliphatic heterocycles. The second kappa shape index (κ2) is 6.20. The molecule has 0 atom stereocenters. The Morgan fingerprint density at radius 1 is 0.960 bits per heavy atom. The number of amides is 1. The molecule has 1 amide bonds. The monoisotopic (exact) mass is 329 g/mol. The summed E-state index contributed by atoms with van der Waals surface area (Å²) in [7, 11) is 1.60. The van der Waals surface area contributed by atoms with Gasteiger partial charge < -0.3 is 10.1 Å². The number of ether oxygens (including phenoxy) is 1. The van der Waals surface area contributed by atoms with Crippen molar-refractivity contribution in [3.05, 3.63) is 83.9 Å². The highest BCUT2D eigenvalue weighted by molar-refractivity contribution is 6.37. The van der Waals surface area contributed by atoms with Crippen LogP contribution in [-0.2, 0) is 4.79 Å². The summed E-state index contributed by atoms with van der Waals surface area (Å²) >= 11 is 0. The van der Waals surface area contributed by atoms with Crippen LogP contribution in [-0.4, -0.2) is 23.0 Å². The van der Waals surface area contributed by atoms with Crippen molar-refractivity contribution in [1.29, 1.82) is 0 Å². The van der Waals surface area contributed by atoms with E-state index in [1.54, 1.807) is 19.5 Å². The molecule has 0 saturated heterocycles. The smallest absolute Gasteiger partial charge is 0.257 e. The summed E-state index contributed by atoms with van der Waals surface area (Å²) in [5.41, 5.74) is 4.18. The number of pyridine rings is 2. The fraction of sp³-hybridized carbons (Fsp3) is 0.0500. The number of carbonyl (C=O) groups excluding carboxylic acids is 1. The lowest BCUT2D eigenvalue weighted by Gasteiger charge is -2.10. The second-order valence-corrected chi connectivity index (χ2v) is 5.55. The van der Waals surface area contributed by atoms with Gasteiger partial charge in [0.1, 0.15) is 5.75 Å². The Hall–Kier alpha value is -3.47. The van der Waals surface area contributed by atoms with Gasteiger partial charge in [-0.15, -0.1) is 0 Å². The van der Waals surface area contributed by atoms with Gasteiger partial charge in [-0.1, -0.05) is 12.1 Å². The number of anilines is 1. The van der Waals surface area contributed by atoms with Crippen molar-refractivity contribution in [3.8, 4) is 5.75 Å². The SMILES string of the molecule is COc1ccc2c(c1)C(=C(c1ccccn1)c1ccccn1)C(=O)N2. The summed E-state index contributed by atoms with van der Waals surface area (Å²) in [5.74, 6) is 0.517. The molecule has 3 heterocycles. The van der Waals surface area contributed by atoms with Crippen LogP contribution in [0.3, 0.4) is 0 Å². The zero-order valence-corrected chi connectivity index (χ0v) is 13.6. The highest BCUT2D eigenvalue weighted by Crippen LogP contribution is 2.40. The molecule has 122 valence electrons. The lowest BCUT2D eigenvalue weighted by Crippen LogP contribution is -2.07. The van der Waals surface area contributed by atoms with Crippen LogP contribution in [0.25, 0.3) is 11.1 Å². The van der Waals surface area contributed by atoms with E-state index in [0.29, 0.717) is 28.3 Å². The molecule has 25 heavy (non-hydrogen) atoms. The quantitative estimate of drug-likeness (QED) is 0.748. The van der Waals surface area contributed by atoms with Gasteiger partial charge in [0.2, 0.25) is 0 Å². The van der Waals surface area contributed by atoms with Crippen molar-refractivity contribution in [3.63, 3.8) is 0 Å². The van der Waals surface area contributed by atoms with Crippen molar-refractivity contribution in [1.82, 2.24) is 9.97 Å². The van der Waals surface area contributed by atoms with Crippen LogP contribution < -0.4 is 10.1 Å². The van der Waals surface area contributed by atoms with Gasteiger partial charge in [0.05, 0.1) is 24.1 Å². The Balaban J connectivity index is 2.04. The van der Waals surface area contributed by atoms with Gasteiger partial charge in [-0.2, -0.15) is 0 Å². The number of carbonyl (C=O) groups is 1. The molecule has 0 unspecified atom stereocenters. The van der Waals surface area contributed by atoms with Crippen LogP contribution in [0.4, 0.5) is 5.69 Å². The van der Waals surface area contributed by atoms with E-state index < -0.39 is 0 Å².